The van der Waals surface area contributed by atoms with Gasteiger partial charge in [-0.3, -0.25) is 0 Å². The summed E-state index contributed by atoms with van der Waals surface area (Å²) in [5.41, 5.74) is 2.52. The zero-order chi connectivity index (χ0) is 11.8. The fourth-order valence-corrected chi connectivity index (χ4v) is 3.82. The monoisotopic (exact) mass is 360 g/mol. The zero-order valence-corrected chi connectivity index (χ0v) is 12.6. The Morgan fingerprint density at radius 1 is 1.29 bits per heavy atom. The number of rotatable bonds is 2. The Morgan fingerprint density at radius 3 is 2.94 bits per heavy atom. The second-order valence-corrected chi connectivity index (χ2v) is 6.44. The van der Waals surface area contributed by atoms with Gasteiger partial charge in [0.15, 0.2) is 0 Å². The maximum absolute atomic E-state index is 5.76. The van der Waals surface area contributed by atoms with Gasteiger partial charge in [0, 0.05) is 23.1 Å². The molecule has 2 heterocycles. The van der Waals surface area contributed by atoms with E-state index in [0.29, 0.717) is 0 Å². The van der Waals surface area contributed by atoms with Gasteiger partial charge in [-0.1, -0.05) is 31.9 Å². The molecule has 2 atom stereocenters. The van der Waals surface area contributed by atoms with E-state index in [1.165, 1.54) is 11.1 Å². The first-order valence-electron chi connectivity index (χ1n) is 5.96. The molecule has 0 amide bonds. The third-order valence-electron chi connectivity index (χ3n) is 3.37. The van der Waals surface area contributed by atoms with Crippen LogP contribution < -0.4 is 4.74 Å². The number of alkyl halides is 1. The molecule has 0 spiro atoms. The van der Waals surface area contributed by atoms with Crippen LogP contribution >= 0.6 is 31.9 Å². The molecule has 17 heavy (non-hydrogen) atoms. The van der Waals surface area contributed by atoms with Gasteiger partial charge >= 0.3 is 0 Å². The van der Waals surface area contributed by atoms with Crippen molar-refractivity contribution >= 4 is 31.9 Å². The first-order chi connectivity index (χ1) is 8.25. The van der Waals surface area contributed by atoms with Gasteiger partial charge in [0.25, 0.3) is 0 Å². The normalized spacial score (nSPS) is 24.5. The van der Waals surface area contributed by atoms with E-state index < -0.39 is 0 Å². The van der Waals surface area contributed by atoms with E-state index in [0.717, 1.165) is 42.7 Å². The van der Waals surface area contributed by atoms with Gasteiger partial charge in [0.2, 0.25) is 0 Å². The molecule has 0 radical (unpaired) electrons. The van der Waals surface area contributed by atoms with Gasteiger partial charge in [0.05, 0.1) is 17.5 Å². The highest BCUT2D eigenvalue weighted by molar-refractivity contribution is 9.10. The molecule has 2 unspecified atom stereocenters. The molecule has 3 rings (SSSR count). The first-order valence-corrected chi connectivity index (χ1v) is 7.67. The fourth-order valence-electron chi connectivity index (χ4n) is 2.54. The van der Waals surface area contributed by atoms with Crippen LogP contribution in [-0.2, 0) is 11.2 Å². The Labute approximate surface area is 118 Å². The fraction of sp³-hybridized carbons (Fsp3) is 0.538. The van der Waals surface area contributed by atoms with Crippen molar-refractivity contribution in [3.8, 4) is 5.75 Å². The molecule has 2 aliphatic rings. The van der Waals surface area contributed by atoms with Crippen molar-refractivity contribution in [3.05, 3.63) is 27.7 Å². The van der Waals surface area contributed by atoms with Crippen molar-refractivity contribution in [1.29, 1.82) is 0 Å². The second kappa shape index (κ2) is 4.90. The molecule has 1 aromatic carbocycles. The lowest BCUT2D eigenvalue weighted by atomic mass is 10.0. The van der Waals surface area contributed by atoms with E-state index in [4.69, 9.17) is 9.47 Å². The molecule has 92 valence electrons. The summed E-state index contributed by atoms with van der Waals surface area (Å²) in [6, 6.07) is 4.30. The minimum Gasteiger partial charge on any atom is -0.493 e. The Bertz CT molecular complexity index is 428. The molecule has 1 aromatic rings. The highest BCUT2D eigenvalue weighted by Crippen LogP contribution is 2.43. The van der Waals surface area contributed by atoms with Crippen LogP contribution in [0.15, 0.2) is 16.6 Å². The third-order valence-corrected chi connectivity index (χ3v) is 4.91. The van der Waals surface area contributed by atoms with Crippen molar-refractivity contribution < 1.29 is 9.47 Å². The molecule has 0 aliphatic carbocycles. The zero-order valence-electron chi connectivity index (χ0n) is 9.42. The maximum atomic E-state index is 5.76. The standard InChI is InChI=1S/C13H14Br2O2/c14-9-6-8-3-5-17-13(8)10(7-9)12(15)11-2-1-4-16-11/h6-7,11-12H,1-5H2. The predicted octanol–water partition coefficient (Wildman–Crippen LogP) is 4.00. The molecular weight excluding hydrogens is 348 g/mol. The number of halogens is 2. The number of hydrogen-bond donors (Lipinski definition) is 0. The van der Waals surface area contributed by atoms with E-state index in [2.05, 4.69) is 44.0 Å². The quantitative estimate of drug-likeness (QED) is 0.741. The lowest BCUT2D eigenvalue weighted by Crippen LogP contribution is -2.13. The minimum absolute atomic E-state index is 0.231. The maximum Gasteiger partial charge on any atom is 0.127 e. The van der Waals surface area contributed by atoms with Crippen molar-refractivity contribution in [2.75, 3.05) is 13.2 Å². The lowest BCUT2D eigenvalue weighted by molar-refractivity contribution is 0.110. The average Bonchev–Trinajstić information content (AvgIpc) is 2.97. The molecule has 1 fully saturated rings. The van der Waals surface area contributed by atoms with Crippen LogP contribution in [-0.4, -0.2) is 19.3 Å². The molecule has 2 aliphatic heterocycles. The Morgan fingerprint density at radius 2 is 2.18 bits per heavy atom. The van der Waals surface area contributed by atoms with Crippen molar-refractivity contribution in [2.24, 2.45) is 0 Å². The van der Waals surface area contributed by atoms with E-state index in [1.54, 1.807) is 0 Å². The minimum atomic E-state index is 0.231. The van der Waals surface area contributed by atoms with E-state index in [1.807, 2.05) is 0 Å². The van der Waals surface area contributed by atoms with Gasteiger partial charge in [-0.25, -0.2) is 0 Å². The summed E-state index contributed by atoms with van der Waals surface area (Å²) in [6.07, 6.45) is 3.56. The Balaban J connectivity index is 1.96. The summed E-state index contributed by atoms with van der Waals surface area (Å²) < 4.78 is 12.6. The van der Waals surface area contributed by atoms with Crippen LogP contribution in [0, 0.1) is 0 Å². The van der Waals surface area contributed by atoms with Crippen LogP contribution in [0.2, 0.25) is 0 Å². The summed E-state index contributed by atoms with van der Waals surface area (Å²) in [4.78, 5) is 0.231. The Kier molecular flexibility index (Phi) is 3.46. The van der Waals surface area contributed by atoms with Gasteiger partial charge in [-0.2, -0.15) is 0 Å². The summed E-state index contributed by atoms with van der Waals surface area (Å²) in [5.74, 6) is 1.06. The Hall–Kier alpha value is -0.0600. The molecule has 2 nitrogen and oxygen atoms in total. The van der Waals surface area contributed by atoms with Gasteiger partial charge in [-0.05, 0) is 30.5 Å². The van der Waals surface area contributed by atoms with Crippen LogP contribution in [0.3, 0.4) is 0 Å². The number of ether oxygens (including phenoxy) is 2. The summed E-state index contributed by atoms with van der Waals surface area (Å²) in [5, 5.41) is 0. The van der Waals surface area contributed by atoms with Crippen molar-refractivity contribution in [2.45, 2.75) is 30.2 Å². The van der Waals surface area contributed by atoms with Crippen molar-refractivity contribution in [3.63, 3.8) is 0 Å². The highest BCUT2D eigenvalue weighted by atomic mass is 79.9. The number of benzene rings is 1. The van der Waals surface area contributed by atoms with Crippen LogP contribution in [0.1, 0.15) is 28.8 Å². The number of fused-ring (bicyclic) bond motifs is 1. The topological polar surface area (TPSA) is 18.5 Å². The predicted molar refractivity (Wildman–Crippen MR) is 74.0 cm³/mol. The second-order valence-electron chi connectivity index (χ2n) is 4.53. The first kappa shape index (κ1) is 12.0. The van der Waals surface area contributed by atoms with Crippen LogP contribution in [0.5, 0.6) is 5.75 Å². The summed E-state index contributed by atoms with van der Waals surface area (Å²) in [7, 11) is 0. The van der Waals surface area contributed by atoms with Crippen LogP contribution in [0.25, 0.3) is 0 Å². The highest BCUT2D eigenvalue weighted by Gasteiger charge is 2.30. The molecule has 0 bridgehead atoms. The molecule has 0 aromatic heterocycles. The largest absolute Gasteiger partial charge is 0.493 e. The van der Waals surface area contributed by atoms with E-state index in [-0.39, 0.29) is 10.9 Å². The lowest BCUT2D eigenvalue weighted by Gasteiger charge is -2.20. The van der Waals surface area contributed by atoms with E-state index in [9.17, 15) is 0 Å². The summed E-state index contributed by atoms with van der Waals surface area (Å²) in [6.45, 7) is 1.67. The van der Waals surface area contributed by atoms with Gasteiger partial charge < -0.3 is 9.47 Å². The summed E-state index contributed by atoms with van der Waals surface area (Å²) >= 11 is 7.35. The average molecular weight is 362 g/mol. The molecule has 0 N–H and O–H groups in total. The molecule has 0 saturated carbocycles. The van der Waals surface area contributed by atoms with Gasteiger partial charge in [-0.15, -0.1) is 0 Å². The molecule has 1 saturated heterocycles. The number of hydrogen-bond acceptors (Lipinski definition) is 2. The third kappa shape index (κ3) is 2.27. The van der Waals surface area contributed by atoms with Crippen LogP contribution in [0.4, 0.5) is 0 Å². The van der Waals surface area contributed by atoms with E-state index >= 15 is 0 Å². The smallest absolute Gasteiger partial charge is 0.127 e. The molecular formula is C13H14Br2O2. The molecule has 4 heteroatoms. The van der Waals surface area contributed by atoms with Crippen molar-refractivity contribution in [1.82, 2.24) is 0 Å². The van der Waals surface area contributed by atoms with Gasteiger partial charge in [0.1, 0.15) is 5.75 Å². The SMILES string of the molecule is Brc1cc2c(c(C(Br)C3CCCO3)c1)OCC2.